The first kappa shape index (κ1) is 17.7. The summed E-state index contributed by atoms with van der Waals surface area (Å²) >= 11 is 0. The van der Waals surface area contributed by atoms with E-state index in [-0.39, 0.29) is 0 Å². The molecule has 27 heavy (non-hydrogen) atoms. The molecule has 1 aromatic carbocycles. The summed E-state index contributed by atoms with van der Waals surface area (Å²) in [4.78, 5) is 14.5. The molecular weight excluding hydrogens is 340 g/mol. The van der Waals surface area contributed by atoms with E-state index in [9.17, 15) is 0 Å². The molecule has 1 aromatic rings. The van der Waals surface area contributed by atoms with Crippen LogP contribution in [0.2, 0.25) is 0 Å². The standard InChI is InChI=1S/C21H26N4O2/c1-16-13-23(2)21-19(22-12-18-14-24(26-3)15-25(18)21)20(16)27-11-7-10-17-8-5-4-6-9-17/h4-6,8-9,12,14H,7,10-11,13,15H2,1-3H3. The Morgan fingerprint density at radius 2 is 2.00 bits per heavy atom. The zero-order valence-corrected chi connectivity index (χ0v) is 16.2. The molecule has 0 aromatic heterocycles. The molecule has 0 bridgehead atoms. The molecule has 4 rings (SSSR count). The number of allylic oxidation sites excluding steroid dienone is 1. The highest BCUT2D eigenvalue weighted by Gasteiger charge is 2.35. The zero-order valence-electron chi connectivity index (χ0n) is 16.2. The van der Waals surface area contributed by atoms with Crippen LogP contribution in [-0.4, -0.2) is 55.1 Å². The van der Waals surface area contributed by atoms with Gasteiger partial charge in [0.05, 0.1) is 31.8 Å². The fraction of sp³-hybridized carbons (Fsp3) is 0.381. The lowest BCUT2D eigenvalue weighted by molar-refractivity contribution is -0.0969. The van der Waals surface area contributed by atoms with Crippen LogP contribution in [0.4, 0.5) is 0 Å². The van der Waals surface area contributed by atoms with Gasteiger partial charge >= 0.3 is 0 Å². The normalized spacial score (nSPS) is 18.8. The molecular formula is C21H26N4O2. The van der Waals surface area contributed by atoms with Crippen molar-refractivity contribution in [3.63, 3.8) is 0 Å². The number of rotatable bonds is 6. The van der Waals surface area contributed by atoms with E-state index >= 15 is 0 Å². The lowest BCUT2D eigenvalue weighted by Gasteiger charge is -2.38. The van der Waals surface area contributed by atoms with Crippen LogP contribution in [0.1, 0.15) is 18.9 Å². The molecule has 3 aliphatic rings. The summed E-state index contributed by atoms with van der Waals surface area (Å²) in [6, 6.07) is 10.5. The number of fused-ring (bicyclic) bond motifs is 2. The Morgan fingerprint density at radius 1 is 1.19 bits per heavy atom. The third kappa shape index (κ3) is 3.45. The Balaban J connectivity index is 1.47. The smallest absolute Gasteiger partial charge is 0.149 e. The van der Waals surface area contributed by atoms with Crippen LogP contribution in [0.25, 0.3) is 0 Å². The van der Waals surface area contributed by atoms with Crippen molar-refractivity contribution in [3.8, 4) is 0 Å². The number of hydrogen-bond acceptors (Lipinski definition) is 6. The molecule has 0 aliphatic carbocycles. The van der Waals surface area contributed by atoms with Crippen molar-refractivity contribution in [1.29, 1.82) is 0 Å². The summed E-state index contributed by atoms with van der Waals surface area (Å²) in [5, 5.41) is 1.80. The number of likely N-dealkylation sites (N-methyl/N-ethyl adjacent to an activating group) is 1. The summed E-state index contributed by atoms with van der Waals surface area (Å²) in [5.74, 6) is 1.99. The fourth-order valence-electron chi connectivity index (χ4n) is 3.74. The van der Waals surface area contributed by atoms with Gasteiger partial charge in [0.1, 0.15) is 23.9 Å². The van der Waals surface area contributed by atoms with Crippen molar-refractivity contribution < 1.29 is 9.57 Å². The predicted octanol–water partition coefficient (Wildman–Crippen LogP) is 3.09. The van der Waals surface area contributed by atoms with Crippen LogP contribution >= 0.6 is 0 Å². The molecule has 6 nitrogen and oxygen atoms in total. The second kappa shape index (κ2) is 7.48. The lowest BCUT2D eigenvalue weighted by Crippen LogP contribution is -2.40. The fourth-order valence-corrected chi connectivity index (χ4v) is 3.74. The van der Waals surface area contributed by atoms with E-state index in [1.54, 1.807) is 12.2 Å². The molecule has 0 N–H and O–H groups in total. The molecule has 0 radical (unpaired) electrons. The van der Waals surface area contributed by atoms with E-state index in [1.807, 2.05) is 18.5 Å². The van der Waals surface area contributed by atoms with E-state index < -0.39 is 0 Å². The summed E-state index contributed by atoms with van der Waals surface area (Å²) < 4.78 is 6.23. The number of aryl methyl sites for hydroxylation is 1. The quantitative estimate of drug-likeness (QED) is 0.724. The molecule has 0 saturated carbocycles. The monoisotopic (exact) mass is 366 g/mol. The molecule has 0 fully saturated rings. The van der Waals surface area contributed by atoms with E-state index in [1.165, 1.54) is 11.1 Å². The van der Waals surface area contributed by atoms with Gasteiger partial charge in [0.2, 0.25) is 0 Å². The number of aliphatic imine (C=N–C) groups is 1. The molecule has 3 aliphatic heterocycles. The van der Waals surface area contributed by atoms with E-state index in [2.05, 4.69) is 48.0 Å². The molecule has 0 saturated heterocycles. The SMILES string of the molecule is CON1C=C2C=NC3=C(N(C)CC(C)=C3OCCCc3ccccc3)N2C1. The van der Waals surface area contributed by atoms with Crippen LogP contribution < -0.4 is 0 Å². The Bertz CT molecular complexity index is 826. The largest absolute Gasteiger partial charge is 0.491 e. The maximum Gasteiger partial charge on any atom is 0.149 e. The van der Waals surface area contributed by atoms with E-state index in [0.29, 0.717) is 13.3 Å². The number of hydroxylamine groups is 2. The summed E-state index contributed by atoms with van der Waals surface area (Å²) in [7, 11) is 3.77. The number of ether oxygens (including phenoxy) is 1. The predicted molar refractivity (Wildman–Crippen MR) is 105 cm³/mol. The van der Waals surface area contributed by atoms with Gasteiger partial charge < -0.3 is 14.5 Å². The maximum atomic E-state index is 6.23. The van der Waals surface area contributed by atoms with E-state index in [0.717, 1.165) is 42.4 Å². The minimum absolute atomic E-state index is 0.654. The first-order chi connectivity index (χ1) is 13.2. The minimum Gasteiger partial charge on any atom is -0.491 e. The Morgan fingerprint density at radius 3 is 2.78 bits per heavy atom. The minimum atomic E-state index is 0.654. The van der Waals surface area contributed by atoms with Gasteiger partial charge in [0.25, 0.3) is 0 Å². The molecule has 0 unspecified atom stereocenters. The molecule has 0 spiro atoms. The first-order valence-electron chi connectivity index (χ1n) is 9.34. The van der Waals surface area contributed by atoms with Gasteiger partial charge in [0.15, 0.2) is 0 Å². The number of nitrogens with zero attached hydrogens (tertiary/aromatic N) is 4. The summed E-state index contributed by atoms with van der Waals surface area (Å²) in [5.41, 5.74) is 4.50. The van der Waals surface area contributed by atoms with Crippen LogP contribution in [0.3, 0.4) is 0 Å². The van der Waals surface area contributed by atoms with Crippen molar-refractivity contribution >= 4 is 6.21 Å². The number of hydrogen-bond donors (Lipinski definition) is 0. The van der Waals surface area contributed by atoms with Crippen molar-refractivity contribution in [2.45, 2.75) is 19.8 Å². The van der Waals surface area contributed by atoms with Gasteiger partial charge in [-0.05, 0) is 30.9 Å². The Kier molecular flexibility index (Phi) is 4.90. The maximum absolute atomic E-state index is 6.23. The lowest BCUT2D eigenvalue weighted by atomic mass is 10.1. The molecule has 142 valence electrons. The second-order valence-corrected chi connectivity index (χ2v) is 7.06. The average molecular weight is 366 g/mol. The summed E-state index contributed by atoms with van der Waals surface area (Å²) in [6.07, 6.45) is 5.85. The highest BCUT2D eigenvalue weighted by atomic mass is 16.7. The van der Waals surface area contributed by atoms with Gasteiger partial charge in [-0.2, -0.15) is 0 Å². The third-order valence-electron chi connectivity index (χ3n) is 5.03. The van der Waals surface area contributed by atoms with Gasteiger partial charge in [-0.3, -0.25) is 4.84 Å². The topological polar surface area (TPSA) is 40.5 Å². The highest BCUT2D eigenvalue weighted by Crippen LogP contribution is 2.36. The van der Waals surface area contributed by atoms with Crippen LogP contribution in [0.15, 0.2) is 70.1 Å². The van der Waals surface area contributed by atoms with Crippen molar-refractivity contribution in [2.75, 3.05) is 34.0 Å². The second-order valence-electron chi connectivity index (χ2n) is 7.06. The molecule has 0 amide bonds. The van der Waals surface area contributed by atoms with E-state index in [4.69, 9.17) is 14.6 Å². The first-order valence-corrected chi connectivity index (χ1v) is 9.34. The van der Waals surface area contributed by atoms with Gasteiger partial charge in [-0.25, -0.2) is 10.1 Å². The van der Waals surface area contributed by atoms with Crippen molar-refractivity contribution in [2.24, 2.45) is 4.99 Å². The molecule has 6 heteroatoms. The Labute approximate surface area is 160 Å². The average Bonchev–Trinajstić information content (AvgIpc) is 3.11. The highest BCUT2D eigenvalue weighted by molar-refractivity contribution is 5.82. The van der Waals surface area contributed by atoms with Crippen molar-refractivity contribution in [3.05, 3.63) is 70.6 Å². The van der Waals surface area contributed by atoms with Crippen molar-refractivity contribution in [1.82, 2.24) is 14.9 Å². The van der Waals surface area contributed by atoms with Gasteiger partial charge in [0, 0.05) is 13.6 Å². The molecule has 3 heterocycles. The van der Waals surface area contributed by atoms with Gasteiger partial charge in [-0.1, -0.05) is 30.3 Å². The zero-order chi connectivity index (χ0) is 18.8. The Hall–Kier alpha value is -2.73. The third-order valence-corrected chi connectivity index (χ3v) is 5.03. The number of benzene rings is 1. The van der Waals surface area contributed by atoms with Crippen LogP contribution in [0, 0.1) is 0 Å². The van der Waals surface area contributed by atoms with Crippen LogP contribution in [0.5, 0.6) is 0 Å². The van der Waals surface area contributed by atoms with Crippen LogP contribution in [-0.2, 0) is 16.0 Å². The van der Waals surface area contributed by atoms with Gasteiger partial charge in [-0.15, -0.1) is 0 Å². The molecule has 0 atom stereocenters. The summed E-state index contributed by atoms with van der Waals surface area (Å²) in [6.45, 7) is 4.30.